The molecule has 14 heteroatoms. The number of esters is 4. The van der Waals surface area contributed by atoms with Crippen LogP contribution in [0.25, 0.3) is 0 Å². The molecule has 10 atom stereocenters. The number of aliphatic hydroxyl groups is 2. The number of Topliss-reactive ketones (excluding diaryl/α,β-unsaturated/α-hetero) is 1. The van der Waals surface area contributed by atoms with Crippen LogP contribution in [0.1, 0.15) is 80.3 Å². The van der Waals surface area contributed by atoms with Crippen molar-refractivity contribution < 1.29 is 62.7 Å². The van der Waals surface area contributed by atoms with Gasteiger partial charge in [0.05, 0.1) is 29.5 Å². The average Bonchev–Trinajstić information content (AvgIpc) is 3.22. The fourth-order valence-corrected chi connectivity index (χ4v) is 9.73. The first-order valence-electron chi connectivity index (χ1n) is 20.1. The van der Waals surface area contributed by atoms with Gasteiger partial charge in [0.1, 0.15) is 23.9 Å². The number of rotatable bonds is 10. The number of ether oxygens (including phenoxy) is 5. The van der Waals surface area contributed by atoms with Gasteiger partial charge in [0, 0.05) is 31.2 Å². The SMILES string of the molecule is CC(=O)O[C@H]1C(=O)[C@]2(C)C=C[C@H]3OC[C@@]3(OC(C)=O)C2[C@H](OC(=O)c2ccccc2)[C@]2(O)C[C@H](OC(=O)[C@H](O)[C@@H](NC(=O)c3ccccc3)c3ccccc3)C(C)=C1C2(C)C. The third-order valence-corrected chi connectivity index (χ3v) is 12.9. The largest absolute Gasteiger partial charge is 0.456 e. The number of allylic oxidation sites excluding steroid dienone is 1. The van der Waals surface area contributed by atoms with E-state index in [1.54, 1.807) is 119 Å². The van der Waals surface area contributed by atoms with Gasteiger partial charge in [0.25, 0.3) is 5.91 Å². The number of amides is 1. The van der Waals surface area contributed by atoms with Gasteiger partial charge in [-0.1, -0.05) is 92.7 Å². The van der Waals surface area contributed by atoms with Gasteiger partial charge < -0.3 is 39.2 Å². The Morgan fingerprint density at radius 1 is 0.820 bits per heavy atom. The van der Waals surface area contributed by atoms with Gasteiger partial charge in [0.2, 0.25) is 0 Å². The van der Waals surface area contributed by atoms with Crippen LogP contribution in [-0.2, 0) is 42.9 Å². The molecule has 3 aromatic carbocycles. The van der Waals surface area contributed by atoms with E-state index in [-0.39, 0.29) is 28.9 Å². The predicted octanol–water partition coefficient (Wildman–Crippen LogP) is 4.54. The third-order valence-electron chi connectivity index (χ3n) is 12.9. The Kier molecular flexibility index (Phi) is 11.4. The standard InChI is InChI=1S/C47H49NO13/c1-26-32(59-43(55)36(51)35(29-16-10-7-11-17-29)48-41(53)30-18-12-8-13-19-30)24-47(56)40(60-42(54)31-20-14-9-15-21-31)38-45(6,23-22-33-46(38,25-57-33)61-28(3)50)39(52)37(58-27(2)49)34(26)44(47,4)5/h7-23,32-33,35-38,40,51,56H,24-25H2,1-6H3,(H,48,53)/t32-,33+,35-,36+,37+,38?,40-,45+,46-,47+/m0/s1. The Labute approximate surface area is 352 Å². The highest BCUT2D eigenvalue weighted by atomic mass is 16.6. The lowest BCUT2D eigenvalue weighted by Crippen LogP contribution is -2.78. The monoisotopic (exact) mass is 835 g/mol. The summed E-state index contributed by atoms with van der Waals surface area (Å²) in [4.78, 5) is 83.2. The Morgan fingerprint density at radius 2 is 1.41 bits per heavy atom. The molecule has 320 valence electrons. The van der Waals surface area contributed by atoms with Crippen molar-refractivity contribution in [3.63, 3.8) is 0 Å². The van der Waals surface area contributed by atoms with Crippen molar-refractivity contribution in [1.29, 1.82) is 0 Å². The van der Waals surface area contributed by atoms with E-state index in [4.69, 9.17) is 23.7 Å². The van der Waals surface area contributed by atoms with E-state index in [1.807, 2.05) is 0 Å². The summed E-state index contributed by atoms with van der Waals surface area (Å²) >= 11 is 0. The molecule has 4 aliphatic rings. The van der Waals surface area contributed by atoms with E-state index in [2.05, 4.69) is 5.32 Å². The quantitative estimate of drug-likeness (QED) is 0.146. The molecule has 14 nitrogen and oxygen atoms in total. The minimum atomic E-state index is -2.30. The van der Waals surface area contributed by atoms with Gasteiger partial charge in [-0.3, -0.25) is 19.2 Å². The van der Waals surface area contributed by atoms with Crippen molar-refractivity contribution in [2.75, 3.05) is 6.61 Å². The molecule has 3 aromatic rings. The van der Waals surface area contributed by atoms with Gasteiger partial charge in [0.15, 0.2) is 23.6 Å². The first-order valence-corrected chi connectivity index (χ1v) is 20.1. The molecule has 2 bridgehead atoms. The van der Waals surface area contributed by atoms with Gasteiger partial charge in [-0.05, 0) is 54.8 Å². The molecule has 3 N–H and O–H groups in total. The Morgan fingerprint density at radius 3 is 1.97 bits per heavy atom. The van der Waals surface area contributed by atoms with Crippen LogP contribution in [0.3, 0.4) is 0 Å². The van der Waals surface area contributed by atoms with Crippen LogP contribution in [0.2, 0.25) is 0 Å². The summed E-state index contributed by atoms with van der Waals surface area (Å²) in [6.45, 7) is 8.39. The molecule has 7 rings (SSSR count). The van der Waals surface area contributed by atoms with E-state index >= 15 is 4.79 Å². The van der Waals surface area contributed by atoms with Crippen molar-refractivity contribution in [1.82, 2.24) is 5.32 Å². The zero-order chi connectivity index (χ0) is 44.1. The molecular formula is C47H49NO13. The summed E-state index contributed by atoms with van der Waals surface area (Å²) in [6.07, 6.45) is -5.14. The second-order valence-electron chi connectivity index (χ2n) is 16.9. The van der Waals surface area contributed by atoms with Crippen LogP contribution in [0.15, 0.2) is 114 Å². The Balaban J connectivity index is 1.38. The molecule has 0 radical (unpaired) electrons. The zero-order valence-corrected chi connectivity index (χ0v) is 34.7. The fourth-order valence-electron chi connectivity index (χ4n) is 9.73. The predicted molar refractivity (Wildman–Crippen MR) is 216 cm³/mol. The van der Waals surface area contributed by atoms with E-state index in [1.165, 1.54) is 19.1 Å². The molecule has 2 fully saturated rings. The van der Waals surface area contributed by atoms with Gasteiger partial charge in [-0.2, -0.15) is 0 Å². The van der Waals surface area contributed by atoms with E-state index in [9.17, 15) is 34.2 Å². The number of aliphatic hydroxyl groups excluding tert-OH is 1. The van der Waals surface area contributed by atoms with E-state index < -0.39 is 107 Å². The molecule has 1 amide bonds. The number of hydrogen-bond acceptors (Lipinski definition) is 13. The number of ketones is 1. The van der Waals surface area contributed by atoms with Crippen molar-refractivity contribution in [2.45, 2.75) is 95.7 Å². The molecule has 61 heavy (non-hydrogen) atoms. The first kappa shape index (κ1) is 43.1. The lowest BCUT2D eigenvalue weighted by atomic mass is 9.46. The average molecular weight is 836 g/mol. The highest BCUT2D eigenvalue weighted by Gasteiger charge is 2.75. The maximum absolute atomic E-state index is 15.4. The fraction of sp³-hybridized carbons (Fsp3) is 0.404. The zero-order valence-electron chi connectivity index (χ0n) is 34.7. The third kappa shape index (κ3) is 7.36. The highest BCUT2D eigenvalue weighted by Crippen LogP contribution is 2.63. The molecular weight excluding hydrogens is 787 g/mol. The summed E-state index contributed by atoms with van der Waals surface area (Å²) in [5, 5.41) is 28.2. The number of carbonyl (C=O) groups excluding carboxylic acids is 6. The van der Waals surface area contributed by atoms with Crippen LogP contribution in [-0.4, -0.2) is 94.1 Å². The minimum Gasteiger partial charge on any atom is -0.456 e. The van der Waals surface area contributed by atoms with Crippen molar-refractivity contribution in [2.24, 2.45) is 16.7 Å². The van der Waals surface area contributed by atoms with Gasteiger partial charge >= 0.3 is 23.9 Å². The van der Waals surface area contributed by atoms with Gasteiger partial charge in [-0.15, -0.1) is 0 Å². The van der Waals surface area contributed by atoms with Crippen molar-refractivity contribution in [3.8, 4) is 0 Å². The lowest BCUT2D eigenvalue weighted by molar-refractivity contribution is -0.306. The van der Waals surface area contributed by atoms with E-state index in [0.29, 0.717) is 5.56 Å². The molecule has 0 spiro atoms. The number of fused-ring (bicyclic) bond motifs is 5. The molecule has 3 aliphatic carbocycles. The van der Waals surface area contributed by atoms with Gasteiger partial charge in [-0.25, -0.2) is 9.59 Å². The smallest absolute Gasteiger partial charge is 0.338 e. The van der Waals surface area contributed by atoms with Crippen LogP contribution in [0.5, 0.6) is 0 Å². The lowest BCUT2D eigenvalue weighted by Gasteiger charge is -2.65. The summed E-state index contributed by atoms with van der Waals surface area (Å²) in [6, 6.07) is 23.2. The molecule has 1 unspecified atom stereocenters. The molecule has 1 saturated heterocycles. The van der Waals surface area contributed by atoms with Crippen LogP contribution in [0.4, 0.5) is 0 Å². The topological polar surface area (TPSA) is 201 Å². The minimum absolute atomic E-state index is 0.0769. The van der Waals surface area contributed by atoms with Crippen LogP contribution < -0.4 is 5.32 Å². The maximum atomic E-state index is 15.4. The van der Waals surface area contributed by atoms with Crippen LogP contribution >= 0.6 is 0 Å². The van der Waals surface area contributed by atoms with Crippen LogP contribution in [0, 0.1) is 16.7 Å². The summed E-state index contributed by atoms with van der Waals surface area (Å²) < 4.78 is 30.4. The van der Waals surface area contributed by atoms with Crippen molar-refractivity contribution >= 4 is 35.6 Å². The number of benzene rings is 3. The highest BCUT2D eigenvalue weighted by molar-refractivity contribution is 5.97. The molecule has 0 aromatic heterocycles. The number of carbonyl (C=O) groups is 6. The maximum Gasteiger partial charge on any atom is 0.338 e. The molecule has 1 saturated carbocycles. The second kappa shape index (κ2) is 16.1. The molecule has 1 aliphatic heterocycles. The second-order valence-corrected chi connectivity index (χ2v) is 16.9. The normalized spacial score (nSPS) is 30.7. The summed E-state index contributed by atoms with van der Waals surface area (Å²) in [7, 11) is 0. The number of hydrogen-bond donors (Lipinski definition) is 3. The number of nitrogens with one attached hydrogen (secondary N) is 1. The summed E-state index contributed by atoms with van der Waals surface area (Å²) in [5.74, 6) is -6.27. The Hall–Kier alpha value is -5.96. The van der Waals surface area contributed by atoms with Crippen molar-refractivity contribution in [3.05, 3.63) is 131 Å². The molecule has 1 heterocycles. The first-order chi connectivity index (χ1) is 28.9. The Bertz CT molecular complexity index is 2290. The van der Waals surface area contributed by atoms with E-state index in [0.717, 1.165) is 6.92 Å². The summed E-state index contributed by atoms with van der Waals surface area (Å²) in [5.41, 5.74) is -6.24.